The van der Waals surface area contributed by atoms with Gasteiger partial charge in [0.25, 0.3) is 0 Å². The third-order valence-electron chi connectivity index (χ3n) is 3.87. The number of amides is 1. The molecule has 3 heterocycles. The summed E-state index contributed by atoms with van der Waals surface area (Å²) in [6, 6.07) is 7.61. The highest BCUT2D eigenvalue weighted by Crippen LogP contribution is 2.27. The molecule has 0 aliphatic carbocycles. The minimum absolute atomic E-state index is 0.0230. The summed E-state index contributed by atoms with van der Waals surface area (Å²) < 4.78 is 0. The Morgan fingerprint density at radius 1 is 1.39 bits per heavy atom. The third-order valence-corrected chi connectivity index (χ3v) is 3.87. The Morgan fingerprint density at radius 3 is 3.00 bits per heavy atom. The van der Waals surface area contributed by atoms with Crippen LogP contribution in [0.5, 0.6) is 0 Å². The maximum Gasteiger partial charge on any atom is 0.245 e. The molecule has 2 aromatic rings. The SMILES string of the molecule is C=CC(=O)N1CC[C@H](c2cc(Nc3ccccn3)nc(C)n2)C1. The first kappa shape index (κ1) is 15.1. The molecule has 1 N–H and O–H groups in total. The molecule has 23 heavy (non-hydrogen) atoms. The number of aromatic nitrogens is 3. The number of anilines is 2. The highest BCUT2D eigenvalue weighted by Gasteiger charge is 2.27. The first-order valence-electron chi connectivity index (χ1n) is 7.60. The molecule has 0 saturated carbocycles. The molecular weight excluding hydrogens is 290 g/mol. The molecule has 0 radical (unpaired) electrons. The summed E-state index contributed by atoms with van der Waals surface area (Å²) >= 11 is 0. The molecule has 0 bridgehead atoms. The van der Waals surface area contributed by atoms with Crippen molar-refractivity contribution in [2.24, 2.45) is 0 Å². The Balaban J connectivity index is 1.78. The van der Waals surface area contributed by atoms with Crippen molar-refractivity contribution < 1.29 is 4.79 Å². The number of nitrogens with zero attached hydrogens (tertiary/aromatic N) is 4. The molecule has 1 atom stereocenters. The fourth-order valence-corrected chi connectivity index (χ4v) is 2.76. The lowest BCUT2D eigenvalue weighted by Crippen LogP contribution is -2.26. The van der Waals surface area contributed by atoms with Gasteiger partial charge in [-0.1, -0.05) is 12.6 Å². The number of carbonyl (C=O) groups is 1. The van der Waals surface area contributed by atoms with Gasteiger partial charge in [-0.15, -0.1) is 0 Å². The van der Waals surface area contributed by atoms with Crippen LogP contribution in [0, 0.1) is 6.92 Å². The van der Waals surface area contributed by atoms with E-state index >= 15 is 0 Å². The maximum atomic E-state index is 11.7. The Kier molecular flexibility index (Phi) is 4.32. The number of rotatable bonds is 4. The molecule has 118 valence electrons. The summed E-state index contributed by atoms with van der Waals surface area (Å²) in [6.07, 6.45) is 3.99. The Labute approximate surface area is 135 Å². The predicted octanol–water partition coefficient (Wildman–Crippen LogP) is 2.43. The van der Waals surface area contributed by atoms with Gasteiger partial charge in [-0.3, -0.25) is 4.79 Å². The summed E-state index contributed by atoms with van der Waals surface area (Å²) in [5.74, 6) is 2.37. The highest BCUT2D eigenvalue weighted by atomic mass is 16.2. The molecule has 3 rings (SSSR count). The lowest BCUT2D eigenvalue weighted by molar-refractivity contribution is -0.125. The van der Waals surface area contributed by atoms with Crippen LogP contribution in [0.3, 0.4) is 0 Å². The van der Waals surface area contributed by atoms with Crippen LogP contribution in [0.25, 0.3) is 0 Å². The number of nitrogens with one attached hydrogen (secondary N) is 1. The molecule has 0 spiro atoms. The van der Waals surface area contributed by atoms with Crippen LogP contribution in [-0.2, 0) is 4.79 Å². The zero-order chi connectivity index (χ0) is 16.2. The van der Waals surface area contributed by atoms with Crippen molar-refractivity contribution in [3.8, 4) is 0 Å². The molecule has 0 unspecified atom stereocenters. The lowest BCUT2D eigenvalue weighted by Gasteiger charge is -2.15. The fraction of sp³-hybridized carbons (Fsp3) is 0.294. The van der Waals surface area contributed by atoms with Gasteiger partial charge < -0.3 is 10.2 Å². The van der Waals surface area contributed by atoms with Crippen LogP contribution in [0.15, 0.2) is 43.1 Å². The van der Waals surface area contributed by atoms with E-state index in [0.717, 1.165) is 30.3 Å². The van der Waals surface area contributed by atoms with Crippen molar-refractivity contribution in [2.45, 2.75) is 19.3 Å². The second kappa shape index (κ2) is 6.56. The summed E-state index contributed by atoms with van der Waals surface area (Å²) in [5, 5.41) is 3.19. The van der Waals surface area contributed by atoms with Gasteiger partial charge in [-0.25, -0.2) is 15.0 Å². The van der Waals surface area contributed by atoms with Crippen LogP contribution in [0.1, 0.15) is 23.9 Å². The van der Waals surface area contributed by atoms with Gasteiger partial charge in [0.05, 0.1) is 5.69 Å². The maximum absolute atomic E-state index is 11.7. The van der Waals surface area contributed by atoms with Crippen molar-refractivity contribution in [1.29, 1.82) is 0 Å². The number of aryl methyl sites for hydroxylation is 1. The Hall–Kier alpha value is -2.76. The highest BCUT2D eigenvalue weighted by molar-refractivity contribution is 5.87. The quantitative estimate of drug-likeness (QED) is 0.878. The van der Waals surface area contributed by atoms with Crippen LogP contribution in [-0.4, -0.2) is 38.8 Å². The number of hydrogen-bond donors (Lipinski definition) is 1. The first-order chi connectivity index (χ1) is 11.2. The smallest absolute Gasteiger partial charge is 0.245 e. The van der Waals surface area contributed by atoms with Crippen molar-refractivity contribution >= 4 is 17.5 Å². The molecule has 1 aliphatic heterocycles. The normalized spacial score (nSPS) is 17.1. The number of pyridine rings is 1. The van der Waals surface area contributed by atoms with Crippen molar-refractivity contribution in [3.63, 3.8) is 0 Å². The molecule has 2 aromatic heterocycles. The van der Waals surface area contributed by atoms with Crippen molar-refractivity contribution in [2.75, 3.05) is 18.4 Å². The topological polar surface area (TPSA) is 71.0 Å². The van der Waals surface area contributed by atoms with E-state index in [2.05, 4.69) is 26.8 Å². The summed E-state index contributed by atoms with van der Waals surface area (Å²) in [4.78, 5) is 26.7. The van der Waals surface area contributed by atoms with Crippen LogP contribution in [0.4, 0.5) is 11.6 Å². The molecule has 1 aliphatic rings. The van der Waals surface area contributed by atoms with Crippen LogP contribution >= 0.6 is 0 Å². The molecule has 0 aromatic carbocycles. The van der Waals surface area contributed by atoms with E-state index in [1.807, 2.05) is 31.2 Å². The molecule has 6 heteroatoms. The van der Waals surface area contributed by atoms with Crippen molar-refractivity contribution in [1.82, 2.24) is 19.9 Å². The van der Waals surface area contributed by atoms with Gasteiger partial charge in [0.15, 0.2) is 0 Å². The van der Waals surface area contributed by atoms with Gasteiger partial charge >= 0.3 is 0 Å². The van der Waals surface area contributed by atoms with E-state index in [9.17, 15) is 4.79 Å². The van der Waals surface area contributed by atoms with Gasteiger partial charge in [-0.2, -0.15) is 0 Å². The minimum atomic E-state index is -0.0230. The number of carbonyl (C=O) groups excluding carboxylic acids is 1. The summed E-state index contributed by atoms with van der Waals surface area (Å²) in [7, 11) is 0. The molecule has 6 nitrogen and oxygen atoms in total. The summed E-state index contributed by atoms with van der Waals surface area (Å²) in [5.41, 5.74) is 0.954. The number of hydrogen-bond acceptors (Lipinski definition) is 5. The monoisotopic (exact) mass is 309 g/mol. The van der Waals surface area contributed by atoms with Gasteiger partial charge in [0.2, 0.25) is 5.91 Å². The second-order valence-corrected chi connectivity index (χ2v) is 5.54. The predicted molar refractivity (Wildman–Crippen MR) is 88.4 cm³/mol. The molecule has 1 saturated heterocycles. The zero-order valence-electron chi connectivity index (χ0n) is 13.1. The third kappa shape index (κ3) is 3.53. The minimum Gasteiger partial charge on any atom is -0.338 e. The Morgan fingerprint density at radius 2 is 2.26 bits per heavy atom. The average Bonchev–Trinajstić information content (AvgIpc) is 3.04. The molecule has 1 fully saturated rings. The van der Waals surface area contributed by atoms with Gasteiger partial charge in [0.1, 0.15) is 17.5 Å². The number of likely N-dealkylation sites (tertiary alicyclic amines) is 1. The lowest BCUT2D eigenvalue weighted by atomic mass is 10.0. The summed E-state index contributed by atoms with van der Waals surface area (Å²) in [6.45, 7) is 6.82. The average molecular weight is 309 g/mol. The zero-order valence-corrected chi connectivity index (χ0v) is 13.1. The van der Waals surface area contributed by atoms with E-state index in [1.54, 1.807) is 11.1 Å². The van der Waals surface area contributed by atoms with E-state index in [1.165, 1.54) is 6.08 Å². The Bertz CT molecular complexity index is 716. The van der Waals surface area contributed by atoms with Crippen LogP contribution in [0.2, 0.25) is 0 Å². The van der Waals surface area contributed by atoms with Gasteiger partial charge in [0, 0.05) is 31.3 Å². The van der Waals surface area contributed by atoms with E-state index in [0.29, 0.717) is 12.4 Å². The molecule has 1 amide bonds. The second-order valence-electron chi connectivity index (χ2n) is 5.54. The van der Waals surface area contributed by atoms with E-state index in [-0.39, 0.29) is 11.8 Å². The fourth-order valence-electron chi connectivity index (χ4n) is 2.76. The van der Waals surface area contributed by atoms with E-state index in [4.69, 9.17) is 0 Å². The van der Waals surface area contributed by atoms with Crippen LogP contribution < -0.4 is 5.32 Å². The molecular formula is C17H19N5O. The van der Waals surface area contributed by atoms with Gasteiger partial charge in [-0.05, 0) is 31.6 Å². The van der Waals surface area contributed by atoms with E-state index < -0.39 is 0 Å². The first-order valence-corrected chi connectivity index (χ1v) is 7.60. The van der Waals surface area contributed by atoms with Crippen molar-refractivity contribution in [3.05, 3.63) is 54.6 Å². The standard InChI is InChI=1S/C17H19N5O/c1-3-17(23)22-9-7-13(11-22)14-10-16(20-12(2)19-14)21-15-6-4-5-8-18-15/h3-6,8,10,13H,1,7,9,11H2,2H3,(H,18,19,20,21)/t13-/m0/s1. The largest absolute Gasteiger partial charge is 0.338 e.